The molecule has 0 atom stereocenters. The smallest absolute Gasteiger partial charge is 0.336 e. The topological polar surface area (TPSA) is 133 Å². The van der Waals surface area contributed by atoms with Gasteiger partial charge in [0, 0.05) is 76.8 Å². The molecule has 0 spiro atoms. The van der Waals surface area contributed by atoms with Gasteiger partial charge in [-0.05, 0) is 86.4 Å². The Morgan fingerprint density at radius 2 is 1.56 bits per heavy atom. The number of carbonyl (C=O) groups is 2. The van der Waals surface area contributed by atoms with Crippen molar-refractivity contribution in [1.29, 1.82) is 0 Å². The Hall–Kier alpha value is -5.97. The number of carboxylic acid groups (broad SMARTS) is 1. The number of aromatic carboxylic acids is 1. The van der Waals surface area contributed by atoms with Gasteiger partial charge in [-0.2, -0.15) is 0 Å². The number of hydrogen-bond donors (Lipinski definition) is 2. The molecule has 0 saturated heterocycles. The van der Waals surface area contributed by atoms with Crippen molar-refractivity contribution in [2.75, 3.05) is 31.1 Å². The van der Waals surface area contributed by atoms with E-state index in [2.05, 4.69) is 47.3 Å². The van der Waals surface area contributed by atoms with Crippen molar-refractivity contribution >= 4 is 23.1 Å². The van der Waals surface area contributed by atoms with E-state index < -0.39 is 5.97 Å². The lowest BCUT2D eigenvalue weighted by Crippen LogP contribution is -2.45. The van der Waals surface area contributed by atoms with Gasteiger partial charge in [-0.3, -0.25) is 4.79 Å². The number of hydrogen-bond acceptors (Lipinski definition) is 8. The van der Waals surface area contributed by atoms with Crippen LogP contribution in [0.5, 0.6) is 11.5 Å². The lowest BCUT2D eigenvalue weighted by molar-refractivity contribution is 0.0696. The highest BCUT2D eigenvalue weighted by molar-refractivity contribution is 6.03. The third-order valence-corrected chi connectivity index (χ3v) is 11.7. The Kier molecular flexibility index (Phi) is 7.78. The number of carbonyl (C=O) groups excluding carboxylic acids is 1. The summed E-state index contributed by atoms with van der Waals surface area (Å²) >= 11 is 0. The molecule has 5 aromatic rings. The van der Waals surface area contributed by atoms with E-state index in [0.29, 0.717) is 22.8 Å². The van der Waals surface area contributed by atoms with Crippen LogP contribution in [0.3, 0.4) is 0 Å². The number of nitrogens with zero attached hydrogens (tertiary/aromatic N) is 6. The van der Waals surface area contributed by atoms with E-state index in [1.165, 1.54) is 39.4 Å². The second-order valence-corrected chi connectivity index (χ2v) is 15.1. The Bertz CT molecular complexity index is 2540. The number of fused-ring (bicyclic) bond motifs is 4. The van der Waals surface area contributed by atoms with Gasteiger partial charge in [0.15, 0.2) is 5.82 Å². The minimum absolute atomic E-state index is 0.0992. The Labute approximate surface area is 312 Å². The lowest BCUT2D eigenvalue weighted by atomic mass is 9.81. The molecule has 0 radical (unpaired) electrons. The highest BCUT2D eigenvalue weighted by Gasteiger charge is 2.36. The van der Waals surface area contributed by atoms with E-state index in [1.807, 2.05) is 30.3 Å². The Morgan fingerprint density at radius 1 is 0.815 bits per heavy atom. The van der Waals surface area contributed by atoms with Crippen LogP contribution in [0.2, 0.25) is 0 Å². The number of aromatic nitrogens is 4. The number of ether oxygens (including phenoxy) is 1. The first kappa shape index (κ1) is 32.7. The van der Waals surface area contributed by atoms with Gasteiger partial charge in [0.2, 0.25) is 11.2 Å². The highest BCUT2D eigenvalue weighted by atomic mass is 16.5. The normalized spacial score (nSPS) is 16.4. The summed E-state index contributed by atoms with van der Waals surface area (Å²) in [6.45, 7) is 6.20. The summed E-state index contributed by atoms with van der Waals surface area (Å²) in [5.74, 6) is 1.24. The van der Waals surface area contributed by atoms with Gasteiger partial charge in [0.25, 0.3) is 5.91 Å². The van der Waals surface area contributed by atoms with Crippen LogP contribution in [0.4, 0.5) is 5.69 Å². The van der Waals surface area contributed by atoms with E-state index in [0.717, 1.165) is 117 Å². The van der Waals surface area contributed by atoms with Crippen LogP contribution in [-0.2, 0) is 32.2 Å². The molecule has 2 N–H and O–H groups in total. The summed E-state index contributed by atoms with van der Waals surface area (Å²) in [5.41, 5.74) is 10.9. The average molecular weight is 719 g/mol. The van der Waals surface area contributed by atoms with Crippen LogP contribution < -0.4 is 30.1 Å². The lowest BCUT2D eigenvalue weighted by Gasteiger charge is -2.39. The molecule has 270 valence electrons. The molecule has 6 heterocycles. The van der Waals surface area contributed by atoms with Crippen molar-refractivity contribution < 1.29 is 19.4 Å². The fraction of sp³-hybridized carbons (Fsp3) is 0.326. The SMILES string of the molecule is Cc1nnc(-c2ccc(CNC(=O)c3ccc(C4=c5cc6c7c(c5Oc5c4cc4c8c5CCCN8CCC4)CCC[N+]=7CCC6)c(C(=O)O)c3)cc2)nn1. The maximum Gasteiger partial charge on any atom is 0.336 e. The van der Waals surface area contributed by atoms with Gasteiger partial charge >= 0.3 is 5.97 Å². The minimum Gasteiger partial charge on any atom is -0.478 e. The monoisotopic (exact) mass is 718 g/mol. The molecule has 10 rings (SSSR count). The fourth-order valence-corrected chi connectivity index (χ4v) is 9.34. The molecule has 1 aromatic heterocycles. The van der Waals surface area contributed by atoms with Crippen LogP contribution in [0, 0.1) is 6.92 Å². The van der Waals surface area contributed by atoms with Crippen molar-refractivity contribution in [2.24, 2.45) is 0 Å². The summed E-state index contributed by atoms with van der Waals surface area (Å²) < 4.78 is 9.67. The molecule has 5 aliphatic rings. The van der Waals surface area contributed by atoms with Gasteiger partial charge in [0.1, 0.15) is 24.6 Å². The first-order valence-corrected chi connectivity index (χ1v) is 19.1. The van der Waals surface area contributed by atoms with Gasteiger partial charge in [-0.15, -0.1) is 20.4 Å². The number of amides is 1. The maximum absolute atomic E-state index is 13.6. The molecular formula is C43H40N7O4+. The maximum atomic E-state index is 13.6. The zero-order valence-corrected chi connectivity index (χ0v) is 30.2. The van der Waals surface area contributed by atoms with Crippen molar-refractivity contribution in [3.8, 4) is 22.9 Å². The fourth-order valence-electron chi connectivity index (χ4n) is 9.34. The molecular weight excluding hydrogens is 679 g/mol. The van der Waals surface area contributed by atoms with Gasteiger partial charge < -0.3 is 20.1 Å². The molecule has 11 nitrogen and oxygen atoms in total. The van der Waals surface area contributed by atoms with Crippen LogP contribution in [0.15, 0.2) is 54.6 Å². The van der Waals surface area contributed by atoms with Crippen LogP contribution in [-0.4, -0.2) is 63.6 Å². The Morgan fingerprint density at radius 3 is 2.35 bits per heavy atom. The van der Waals surface area contributed by atoms with Crippen molar-refractivity contribution in [3.05, 3.63) is 121 Å². The molecule has 5 aliphatic heterocycles. The van der Waals surface area contributed by atoms with Crippen molar-refractivity contribution in [1.82, 2.24) is 30.3 Å². The molecule has 0 saturated carbocycles. The summed E-state index contributed by atoms with van der Waals surface area (Å²) in [4.78, 5) is 29.3. The van der Waals surface area contributed by atoms with E-state index in [9.17, 15) is 14.7 Å². The standard InChI is InChI=1S/C43H39N7O4/c1-24-45-47-41(48-46-24)26-12-10-25(11-13-26)23-44-42(51)29-14-15-30(33(22-29)43(52)53)36-34-20-27-6-2-16-49-18-4-8-31(37(27)49)39(34)54-40-32-9-5-19-50-17-3-7-28(38(32)50)21-35(36)40/h10-15,20-22H,2-9,16-19,23H2,1H3,(H-,44,51,52,53)/p+1. The summed E-state index contributed by atoms with van der Waals surface area (Å²) in [6, 6.07) is 17.2. The molecule has 0 bridgehead atoms. The molecule has 0 unspecified atom stereocenters. The van der Waals surface area contributed by atoms with E-state index in [4.69, 9.17) is 4.74 Å². The average Bonchev–Trinajstić information content (AvgIpc) is 3.20. The van der Waals surface area contributed by atoms with Crippen LogP contribution in [0.25, 0.3) is 17.0 Å². The zero-order valence-electron chi connectivity index (χ0n) is 30.2. The van der Waals surface area contributed by atoms with Crippen LogP contribution in [0.1, 0.15) is 91.2 Å². The summed E-state index contributed by atoms with van der Waals surface area (Å²) in [6.07, 6.45) is 8.13. The van der Waals surface area contributed by atoms with Gasteiger partial charge in [-0.25, -0.2) is 9.37 Å². The zero-order chi connectivity index (χ0) is 36.5. The molecule has 0 fully saturated rings. The first-order chi connectivity index (χ1) is 26.4. The highest BCUT2D eigenvalue weighted by Crippen LogP contribution is 2.48. The van der Waals surface area contributed by atoms with E-state index in [-0.39, 0.29) is 18.0 Å². The van der Waals surface area contributed by atoms with Crippen LogP contribution >= 0.6 is 0 Å². The van der Waals surface area contributed by atoms with Gasteiger partial charge in [-0.1, -0.05) is 30.3 Å². The molecule has 11 heteroatoms. The number of benzene rings is 4. The van der Waals surface area contributed by atoms with Crippen molar-refractivity contribution in [3.63, 3.8) is 0 Å². The second-order valence-electron chi connectivity index (χ2n) is 15.1. The minimum atomic E-state index is -1.07. The number of carboxylic acids is 1. The predicted molar refractivity (Wildman–Crippen MR) is 203 cm³/mol. The third-order valence-electron chi connectivity index (χ3n) is 11.7. The third kappa shape index (κ3) is 5.35. The summed E-state index contributed by atoms with van der Waals surface area (Å²) in [7, 11) is 0. The molecule has 4 aromatic carbocycles. The number of anilines is 1. The van der Waals surface area contributed by atoms with E-state index in [1.54, 1.807) is 13.0 Å². The number of nitrogens with one attached hydrogen (secondary N) is 1. The van der Waals surface area contributed by atoms with Gasteiger partial charge in [0.05, 0.1) is 11.1 Å². The first-order valence-electron chi connectivity index (χ1n) is 19.1. The number of aryl methyl sites for hydroxylation is 3. The molecule has 54 heavy (non-hydrogen) atoms. The largest absolute Gasteiger partial charge is 0.478 e. The second kappa shape index (κ2) is 12.9. The molecule has 1 amide bonds. The Balaban J connectivity index is 1.07. The molecule has 0 aliphatic carbocycles. The summed E-state index contributed by atoms with van der Waals surface area (Å²) in [5, 5.41) is 32.2. The predicted octanol–water partition coefficient (Wildman–Crippen LogP) is 4.31. The quantitative estimate of drug-likeness (QED) is 0.242. The van der Waals surface area contributed by atoms with Crippen molar-refractivity contribution in [2.45, 2.75) is 64.8 Å². The van der Waals surface area contributed by atoms with E-state index >= 15 is 0 Å². The number of rotatable bonds is 6.